The lowest BCUT2D eigenvalue weighted by Crippen LogP contribution is -2.36. The Morgan fingerprint density at radius 1 is 1.29 bits per heavy atom. The number of aromatic nitrogens is 2. The number of aryl methyl sites for hydroxylation is 1. The maximum atomic E-state index is 12.7. The summed E-state index contributed by atoms with van der Waals surface area (Å²) in [5.74, 6) is 0.234. The van der Waals surface area contributed by atoms with Crippen molar-refractivity contribution in [1.29, 1.82) is 0 Å². The van der Waals surface area contributed by atoms with Gasteiger partial charge in [-0.1, -0.05) is 6.07 Å². The second-order valence-corrected chi connectivity index (χ2v) is 6.06. The van der Waals surface area contributed by atoms with Crippen molar-refractivity contribution in [1.82, 2.24) is 9.55 Å². The first kappa shape index (κ1) is 14.1. The van der Waals surface area contributed by atoms with E-state index in [0.717, 1.165) is 4.47 Å². The summed E-state index contributed by atoms with van der Waals surface area (Å²) in [6.07, 6.45) is 0.617. The number of carbonyl (C=O) groups is 2. The standard InChI is InChI=1S/C15H13BrN2O3/c1-8-17-14-10(3-2-4-11(14)16)15(21)18(8)12-6-5-9(19)7-13(12)20/h2-4,12H,5-7H2,1H3. The normalized spacial score (nSPS) is 19.2. The van der Waals surface area contributed by atoms with E-state index in [1.165, 1.54) is 4.57 Å². The molecule has 1 aliphatic carbocycles. The highest BCUT2D eigenvalue weighted by Gasteiger charge is 2.30. The highest BCUT2D eigenvalue weighted by atomic mass is 79.9. The Kier molecular flexibility index (Phi) is 3.49. The van der Waals surface area contributed by atoms with E-state index in [9.17, 15) is 14.4 Å². The highest BCUT2D eigenvalue weighted by molar-refractivity contribution is 9.10. The first-order chi connectivity index (χ1) is 9.99. The second kappa shape index (κ2) is 5.18. The van der Waals surface area contributed by atoms with Crippen LogP contribution < -0.4 is 5.56 Å². The predicted molar refractivity (Wildman–Crippen MR) is 81.3 cm³/mol. The minimum absolute atomic E-state index is 0.0570. The molecule has 2 aromatic rings. The van der Waals surface area contributed by atoms with E-state index in [0.29, 0.717) is 29.6 Å². The van der Waals surface area contributed by atoms with E-state index >= 15 is 0 Å². The fourth-order valence-electron chi connectivity index (χ4n) is 2.79. The highest BCUT2D eigenvalue weighted by Crippen LogP contribution is 2.25. The number of ketones is 2. The molecule has 108 valence electrons. The largest absolute Gasteiger partial charge is 0.299 e. The number of hydrogen-bond donors (Lipinski definition) is 0. The third kappa shape index (κ3) is 2.33. The number of benzene rings is 1. The first-order valence-corrected chi connectivity index (χ1v) is 7.50. The van der Waals surface area contributed by atoms with Gasteiger partial charge in [0, 0.05) is 10.9 Å². The molecule has 1 fully saturated rings. The molecule has 21 heavy (non-hydrogen) atoms. The molecule has 0 saturated heterocycles. The molecule has 1 saturated carbocycles. The molecule has 1 aliphatic rings. The number of para-hydroxylation sites is 1. The van der Waals surface area contributed by atoms with Crippen molar-refractivity contribution < 1.29 is 9.59 Å². The Morgan fingerprint density at radius 2 is 2.05 bits per heavy atom. The molecule has 0 amide bonds. The van der Waals surface area contributed by atoms with Crippen LogP contribution in [0.25, 0.3) is 10.9 Å². The fourth-order valence-corrected chi connectivity index (χ4v) is 3.25. The fraction of sp³-hybridized carbons (Fsp3) is 0.333. The van der Waals surface area contributed by atoms with Crippen LogP contribution in [0, 0.1) is 6.92 Å². The van der Waals surface area contributed by atoms with Crippen LogP contribution in [-0.2, 0) is 9.59 Å². The van der Waals surface area contributed by atoms with Gasteiger partial charge >= 0.3 is 0 Å². The summed E-state index contributed by atoms with van der Waals surface area (Å²) < 4.78 is 2.18. The van der Waals surface area contributed by atoms with Crippen molar-refractivity contribution in [2.45, 2.75) is 32.2 Å². The van der Waals surface area contributed by atoms with Gasteiger partial charge in [-0.15, -0.1) is 0 Å². The number of carbonyl (C=O) groups excluding carboxylic acids is 2. The molecule has 0 radical (unpaired) electrons. The maximum absolute atomic E-state index is 12.7. The zero-order valence-corrected chi connectivity index (χ0v) is 13.0. The summed E-state index contributed by atoms with van der Waals surface area (Å²) in [6, 6.07) is 4.71. The molecule has 1 aromatic carbocycles. The van der Waals surface area contributed by atoms with Crippen LogP contribution in [0.1, 0.15) is 31.1 Å². The second-order valence-electron chi connectivity index (χ2n) is 5.21. The van der Waals surface area contributed by atoms with Crippen molar-refractivity contribution in [2.75, 3.05) is 0 Å². The Hall–Kier alpha value is -1.82. The zero-order chi connectivity index (χ0) is 15.1. The summed E-state index contributed by atoms with van der Waals surface area (Å²) in [7, 11) is 0. The smallest absolute Gasteiger partial charge is 0.262 e. The van der Waals surface area contributed by atoms with E-state index < -0.39 is 6.04 Å². The van der Waals surface area contributed by atoms with E-state index in [-0.39, 0.29) is 23.5 Å². The Balaban J connectivity index is 2.22. The molecule has 5 nitrogen and oxygen atoms in total. The predicted octanol–water partition coefficient (Wildman–Crippen LogP) is 2.33. The number of hydrogen-bond acceptors (Lipinski definition) is 4. The molecule has 1 aromatic heterocycles. The van der Waals surface area contributed by atoms with Crippen molar-refractivity contribution >= 4 is 38.4 Å². The van der Waals surface area contributed by atoms with Crippen LogP contribution in [0.3, 0.4) is 0 Å². The molecule has 0 N–H and O–H groups in total. The van der Waals surface area contributed by atoms with E-state index in [1.807, 2.05) is 6.07 Å². The van der Waals surface area contributed by atoms with Gasteiger partial charge in [0.2, 0.25) is 0 Å². The van der Waals surface area contributed by atoms with Gasteiger partial charge in [-0.3, -0.25) is 19.0 Å². The van der Waals surface area contributed by atoms with Crippen molar-refractivity contribution in [2.24, 2.45) is 0 Å². The average molecular weight is 349 g/mol. The minimum atomic E-state index is -0.578. The number of nitrogens with zero attached hydrogens (tertiary/aromatic N) is 2. The number of fused-ring (bicyclic) bond motifs is 1. The molecule has 0 aliphatic heterocycles. The summed E-state index contributed by atoms with van der Waals surface area (Å²) in [5, 5.41) is 0.472. The summed E-state index contributed by atoms with van der Waals surface area (Å²) >= 11 is 3.38. The number of halogens is 1. The summed E-state index contributed by atoms with van der Waals surface area (Å²) in [6.45, 7) is 1.71. The average Bonchev–Trinajstić information content (AvgIpc) is 2.42. The van der Waals surface area contributed by atoms with Gasteiger partial charge in [-0.05, 0) is 41.4 Å². The van der Waals surface area contributed by atoms with Gasteiger partial charge in [0.15, 0.2) is 5.78 Å². The Bertz CT molecular complexity index is 826. The van der Waals surface area contributed by atoms with Gasteiger partial charge in [0.1, 0.15) is 11.6 Å². The molecule has 6 heteroatoms. The van der Waals surface area contributed by atoms with Gasteiger partial charge < -0.3 is 0 Å². The molecule has 1 heterocycles. The van der Waals surface area contributed by atoms with Crippen LogP contribution in [0.4, 0.5) is 0 Å². The number of rotatable bonds is 1. The van der Waals surface area contributed by atoms with E-state index in [1.54, 1.807) is 19.1 Å². The van der Waals surface area contributed by atoms with Crippen LogP contribution in [0.2, 0.25) is 0 Å². The van der Waals surface area contributed by atoms with Crippen LogP contribution in [-0.4, -0.2) is 21.1 Å². The van der Waals surface area contributed by atoms with Crippen LogP contribution >= 0.6 is 15.9 Å². The van der Waals surface area contributed by atoms with Crippen LogP contribution in [0.15, 0.2) is 27.5 Å². The van der Waals surface area contributed by atoms with Crippen LogP contribution in [0.5, 0.6) is 0 Å². The zero-order valence-electron chi connectivity index (χ0n) is 11.4. The topological polar surface area (TPSA) is 69.0 Å². The van der Waals surface area contributed by atoms with E-state index in [4.69, 9.17) is 0 Å². The van der Waals surface area contributed by atoms with Gasteiger partial charge in [0.25, 0.3) is 5.56 Å². The third-order valence-electron chi connectivity index (χ3n) is 3.81. The van der Waals surface area contributed by atoms with Crippen molar-refractivity contribution in [3.8, 4) is 0 Å². The Labute approximate surface area is 129 Å². The van der Waals surface area contributed by atoms with Gasteiger partial charge in [-0.2, -0.15) is 0 Å². The minimum Gasteiger partial charge on any atom is -0.299 e. The van der Waals surface area contributed by atoms with Crippen molar-refractivity contribution in [3.63, 3.8) is 0 Å². The first-order valence-electron chi connectivity index (χ1n) is 6.71. The van der Waals surface area contributed by atoms with E-state index in [2.05, 4.69) is 20.9 Å². The Morgan fingerprint density at radius 3 is 2.76 bits per heavy atom. The SMILES string of the molecule is Cc1nc2c(Br)cccc2c(=O)n1C1CCC(=O)CC1=O. The molecular formula is C15H13BrN2O3. The number of Topliss-reactive ketones (excluding diaryl/α,β-unsaturated/α-hetero) is 2. The lowest BCUT2D eigenvalue weighted by molar-refractivity contribution is -0.132. The third-order valence-corrected chi connectivity index (χ3v) is 4.45. The van der Waals surface area contributed by atoms with Crippen molar-refractivity contribution in [3.05, 3.63) is 38.9 Å². The molecule has 1 atom stereocenters. The molecule has 3 rings (SSSR count). The van der Waals surface area contributed by atoms with Gasteiger partial charge in [-0.25, -0.2) is 4.98 Å². The maximum Gasteiger partial charge on any atom is 0.262 e. The molecule has 0 spiro atoms. The van der Waals surface area contributed by atoms with Gasteiger partial charge in [0.05, 0.1) is 23.4 Å². The lowest BCUT2D eigenvalue weighted by Gasteiger charge is -2.24. The molecular weight excluding hydrogens is 336 g/mol. The quantitative estimate of drug-likeness (QED) is 0.741. The molecule has 1 unspecified atom stereocenters. The monoisotopic (exact) mass is 348 g/mol. The summed E-state index contributed by atoms with van der Waals surface area (Å²) in [5.41, 5.74) is 0.363. The lowest BCUT2D eigenvalue weighted by atomic mass is 9.92. The molecule has 0 bridgehead atoms. The summed E-state index contributed by atoms with van der Waals surface area (Å²) in [4.78, 5) is 40.6.